The van der Waals surface area contributed by atoms with Crippen molar-refractivity contribution in [2.24, 2.45) is 0 Å². The van der Waals surface area contributed by atoms with Gasteiger partial charge in [0, 0.05) is 4.90 Å². The fourth-order valence-corrected chi connectivity index (χ4v) is 1.72. The van der Waals surface area contributed by atoms with Gasteiger partial charge < -0.3 is 0 Å². The van der Waals surface area contributed by atoms with Crippen LogP contribution in [0.1, 0.15) is 11.1 Å². The zero-order valence-corrected chi connectivity index (χ0v) is 10.1. The Morgan fingerprint density at radius 2 is 1.89 bits per heavy atom. The summed E-state index contributed by atoms with van der Waals surface area (Å²) in [5.41, 5.74) is -1.40. The van der Waals surface area contributed by atoms with Gasteiger partial charge in [0.15, 0.2) is 0 Å². The minimum Gasteiger partial charge on any atom is -0.192 e. The second-order valence-electron chi connectivity index (χ2n) is 3.23. The molecule has 0 saturated heterocycles. The Labute approximate surface area is 106 Å². The molecule has 0 aliphatic rings. The number of halogens is 3. The third-order valence-corrected chi connectivity index (χ3v) is 2.83. The first kappa shape index (κ1) is 14.1. The molecule has 0 saturated carbocycles. The standard InChI is InChI=1S/C12H7F3N2S/c1-18-10-3-2-9(4-8(6-16)7-17)11(5-10)12(13,14)15/h2-5H,1H3. The number of hydrogen-bond donors (Lipinski definition) is 0. The van der Waals surface area contributed by atoms with Gasteiger partial charge in [0.05, 0.1) is 5.56 Å². The molecule has 0 atom stereocenters. The van der Waals surface area contributed by atoms with E-state index in [4.69, 9.17) is 10.5 Å². The van der Waals surface area contributed by atoms with E-state index in [1.165, 1.54) is 36.0 Å². The molecule has 0 aliphatic carbocycles. The van der Waals surface area contributed by atoms with Crippen molar-refractivity contribution in [1.82, 2.24) is 0 Å². The third kappa shape index (κ3) is 3.28. The number of rotatable bonds is 2. The van der Waals surface area contributed by atoms with Crippen LogP contribution in [0.15, 0.2) is 28.7 Å². The van der Waals surface area contributed by atoms with Crippen molar-refractivity contribution in [2.75, 3.05) is 6.26 Å². The summed E-state index contributed by atoms with van der Waals surface area (Å²) in [4.78, 5) is 0.468. The molecule has 0 fully saturated rings. The smallest absolute Gasteiger partial charge is 0.192 e. The lowest BCUT2D eigenvalue weighted by molar-refractivity contribution is -0.137. The average Bonchev–Trinajstić information content (AvgIpc) is 2.34. The third-order valence-electron chi connectivity index (χ3n) is 2.11. The summed E-state index contributed by atoms with van der Waals surface area (Å²) in [5, 5.41) is 17.1. The maximum absolute atomic E-state index is 12.8. The van der Waals surface area contributed by atoms with Gasteiger partial charge in [-0.25, -0.2) is 0 Å². The normalized spacial score (nSPS) is 10.3. The van der Waals surface area contributed by atoms with Crippen LogP contribution in [0, 0.1) is 22.7 Å². The first-order valence-electron chi connectivity index (χ1n) is 4.69. The van der Waals surface area contributed by atoms with E-state index in [9.17, 15) is 13.2 Å². The van der Waals surface area contributed by atoms with Gasteiger partial charge >= 0.3 is 6.18 Å². The van der Waals surface area contributed by atoms with Gasteiger partial charge in [0.25, 0.3) is 0 Å². The second-order valence-corrected chi connectivity index (χ2v) is 4.11. The summed E-state index contributed by atoms with van der Waals surface area (Å²) < 4.78 is 38.5. The zero-order chi connectivity index (χ0) is 13.8. The monoisotopic (exact) mass is 268 g/mol. The molecule has 0 spiro atoms. The summed E-state index contributed by atoms with van der Waals surface area (Å²) in [7, 11) is 0. The molecule has 0 aromatic heterocycles. The molecule has 0 heterocycles. The molecule has 1 aromatic carbocycles. The van der Waals surface area contributed by atoms with Crippen molar-refractivity contribution in [3.05, 3.63) is 34.9 Å². The van der Waals surface area contributed by atoms with Crippen molar-refractivity contribution < 1.29 is 13.2 Å². The Morgan fingerprint density at radius 1 is 1.28 bits per heavy atom. The Hall–Kier alpha value is -1.92. The van der Waals surface area contributed by atoms with E-state index in [1.807, 2.05) is 0 Å². The molecule has 18 heavy (non-hydrogen) atoms. The van der Waals surface area contributed by atoms with Crippen LogP contribution in [0.5, 0.6) is 0 Å². The van der Waals surface area contributed by atoms with Crippen molar-refractivity contribution in [1.29, 1.82) is 10.5 Å². The first-order chi connectivity index (χ1) is 8.42. The fraction of sp³-hybridized carbons (Fsp3) is 0.167. The Balaban J connectivity index is 3.43. The minimum absolute atomic E-state index is 0.182. The van der Waals surface area contributed by atoms with Gasteiger partial charge in [0.1, 0.15) is 17.7 Å². The molecule has 0 bridgehead atoms. The number of hydrogen-bond acceptors (Lipinski definition) is 3. The van der Waals surface area contributed by atoms with E-state index >= 15 is 0 Å². The molecule has 0 radical (unpaired) electrons. The molecule has 0 N–H and O–H groups in total. The Kier molecular flexibility index (Phi) is 4.41. The lowest BCUT2D eigenvalue weighted by atomic mass is 10.0. The zero-order valence-electron chi connectivity index (χ0n) is 9.25. The van der Waals surface area contributed by atoms with Crippen molar-refractivity contribution in [3.8, 4) is 12.1 Å². The molecular weight excluding hydrogens is 261 g/mol. The number of nitrogens with zero attached hydrogens (tertiary/aromatic N) is 2. The van der Waals surface area contributed by atoms with Crippen molar-refractivity contribution in [2.45, 2.75) is 11.1 Å². The van der Waals surface area contributed by atoms with Gasteiger partial charge in [-0.1, -0.05) is 6.07 Å². The predicted molar refractivity (Wildman–Crippen MR) is 62.4 cm³/mol. The second kappa shape index (κ2) is 5.61. The highest BCUT2D eigenvalue weighted by Crippen LogP contribution is 2.35. The summed E-state index contributed by atoms with van der Waals surface area (Å²) in [6, 6.07) is 6.84. The molecule has 0 amide bonds. The van der Waals surface area contributed by atoms with Crippen LogP contribution < -0.4 is 0 Å². The van der Waals surface area contributed by atoms with Crippen LogP contribution in [0.3, 0.4) is 0 Å². The highest BCUT2D eigenvalue weighted by atomic mass is 32.2. The summed E-state index contributed by atoms with van der Waals surface area (Å²) >= 11 is 1.19. The van der Waals surface area contributed by atoms with Crippen LogP contribution >= 0.6 is 11.8 Å². The van der Waals surface area contributed by atoms with Crippen LogP contribution in [0.2, 0.25) is 0 Å². The largest absolute Gasteiger partial charge is 0.417 e. The van der Waals surface area contributed by atoms with Crippen LogP contribution in [-0.4, -0.2) is 6.26 Å². The molecule has 2 nitrogen and oxygen atoms in total. The van der Waals surface area contributed by atoms with Crippen molar-refractivity contribution >= 4 is 17.8 Å². The number of allylic oxidation sites excluding steroid dienone is 1. The van der Waals surface area contributed by atoms with E-state index in [-0.39, 0.29) is 11.1 Å². The fourth-order valence-electron chi connectivity index (χ4n) is 1.28. The van der Waals surface area contributed by atoms with Crippen LogP contribution in [-0.2, 0) is 6.18 Å². The first-order valence-corrected chi connectivity index (χ1v) is 5.92. The van der Waals surface area contributed by atoms with E-state index in [1.54, 1.807) is 6.26 Å². The van der Waals surface area contributed by atoms with E-state index in [0.29, 0.717) is 4.90 Å². The van der Waals surface area contributed by atoms with E-state index < -0.39 is 11.7 Å². The maximum Gasteiger partial charge on any atom is 0.417 e. The number of alkyl halides is 3. The number of nitriles is 2. The molecule has 92 valence electrons. The Morgan fingerprint density at radius 3 is 2.33 bits per heavy atom. The highest BCUT2D eigenvalue weighted by Gasteiger charge is 2.33. The van der Waals surface area contributed by atoms with Crippen LogP contribution in [0.25, 0.3) is 6.08 Å². The summed E-state index contributed by atoms with van der Waals surface area (Å²) in [5.74, 6) is 0. The van der Waals surface area contributed by atoms with Gasteiger partial charge in [-0.2, -0.15) is 23.7 Å². The lowest BCUT2D eigenvalue weighted by Gasteiger charge is -2.11. The van der Waals surface area contributed by atoms with Gasteiger partial charge in [-0.3, -0.25) is 0 Å². The van der Waals surface area contributed by atoms with E-state index in [0.717, 1.165) is 12.1 Å². The maximum atomic E-state index is 12.8. The molecule has 0 aliphatic heterocycles. The molecule has 1 rings (SSSR count). The van der Waals surface area contributed by atoms with Gasteiger partial charge in [0.2, 0.25) is 0 Å². The van der Waals surface area contributed by atoms with Crippen molar-refractivity contribution in [3.63, 3.8) is 0 Å². The predicted octanol–water partition coefficient (Wildman–Crippen LogP) is 3.86. The summed E-state index contributed by atoms with van der Waals surface area (Å²) in [6.45, 7) is 0. The average molecular weight is 268 g/mol. The summed E-state index contributed by atoms with van der Waals surface area (Å²) in [6.07, 6.45) is -1.92. The minimum atomic E-state index is -4.52. The SMILES string of the molecule is CSc1ccc(C=C(C#N)C#N)c(C(F)(F)F)c1. The van der Waals surface area contributed by atoms with Crippen LogP contribution in [0.4, 0.5) is 13.2 Å². The molecular formula is C12H7F3N2S. The molecule has 6 heteroatoms. The topological polar surface area (TPSA) is 47.6 Å². The Bertz CT molecular complexity index is 546. The molecule has 1 aromatic rings. The van der Waals surface area contributed by atoms with Gasteiger partial charge in [-0.15, -0.1) is 11.8 Å². The number of benzene rings is 1. The van der Waals surface area contributed by atoms with Gasteiger partial charge in [-0.05, 0) is 30.0 Å². The quantitative estimate of drug-likeness (QED) is 0.604. The molecule has 0 unspecified atom stereocenters. The van der Waals surface area contributed by atoms with E-state index in [2.05, 4.69) is 0 Å². The highest BCUT2D eigenvalue weighted by molar-refractivity contribution is 7.98. The number of thioether (sulfide) groups is 1. The lowest BCUT2D eigenvalue weighted by Crippen LogP contribution is -2.07.